The van der Waals surface area contributed by atoms with Gasteiger partial charge in [0.1, 0.15) is 11.6 Å². The van der Waals surface area contributed by atoms with Crippen molar-refractivity contribution in [2.45, 2.75) is 25.2 Å². The minimum Gasteiger partial charge on any atom is -0.508 e. The van der Waals surface area contributed by atoms with Gasteiger partial charge >= 0.3 is 5.69 Å². The van der Waals surface area contributed by atoms with Crippen molar-refractivity contribution in [1.29, 1.82) is 0 Å². The standard InChI is InChI=1S/C22H23N3O3/c26-18-8-6-16(7-9-18)17-10-12-25(13-11-17)20-19(21(27)24-22(28)23-20)14-15-4-2-1-3-5-15/h1-9,17,26H,10-14H2,(H2,23,24,27,28). The summed E-state index contributed by atoms with van der Waals surface area (Å²) in [7, 11) is 0. The van der Waals surface area contributed by atoms with Gasteiger partial charge in [-0.2, -0.15) is 0 Å². The molecule has 1 aliphatic heterocycles. The number of phenols is 1. The van der Waals surface area contributed by atoms with Gasteiger partial charge in [-0.05, 0) is 42.0 Å². The Morgan fingerprint density at radius 2 is 1.61 bits per heavy atom. The van der Waals surface area contributed by atoms with Crippen LogP contribution in [0.5, 0.6) is 5.75 Å². The van der Waals surface area contributed by atoms with E-state index in [0.717, 1.165) is 31.5 Å². The van der Waals surface area contributed by atoms with Gasteiger partial charge in [-0.15, -0.1) is 0 Å². The molecule has 0 atom stereocenters. The van der Waals surface area contributed by atoms with Gasteiger partial charge in [-0.3, -0.25) is 14.8 Å². The first kappa shape index (κ1) is 18.1. The summed E-state index contributed by atoms with van der Waals surface area (Å²) in [5.41, 5.74) is 2.02. The van der Waals surface area contributed by atoms with Crippen LogP contribution in [0.1, 0.15) is 35.4 Å². The van der Waals surface area contributed by atoms with Crippen LogP contribution in [0.3, 0.4) is 0 Å². The van der Waals surface area contributed by atoms with Gasteiger partial charge in [0.05, 0.1) is 5.56 Å². The lowest BCUT2D eigenvalue weighted by Gasteiger charge is -2.34. The molecule has 28 heavy (non-hydrogen) atoms. The van der Waals surface area contributed by atoms with Gasteiger partial charge in [-0.25, -0.2) is 4.79 Å². The number of anilines is 1. The lowest BCUT2D eigenvalue weighted by atomic mass is 9.89. The highest BCUT2D eigenvalue weighted by atomic mass is 16.3. The molecule has 0 aliphatic carbocycles. The Kier molecular flexibility index (Phi) is 5.02. The molecule has 0 radical (unpaired) electrons. The second-order valence-corrected chi connectivity index (χ2v) is 7.25. The van der Waals surface area contributed by atoms with E-state index in [1.165, 1.54) is 5.56 Å². The van der Waals surface area contributed by atoms with Crippen LogP contribution >= 0.6 is 0 Å². The van der Waals surface area contributed by atoms with Crippen molar-refractivity contribution in [3.8, 4) is 5.75 Å². The summed E-state index contributed by atoms with van der Waals surface area (Å²) in [6, 6.07) is 17.1. The van der Waals surface area contributed by atoms with Gasteiger partial charge in [0.15, 0.2) is 0 Å². The van der Waals surface area contributed by atoms with Crippen LogP contribution in [0.25, 0.3) is 0 Å². The molecule has 2 heterocycles. The Labute approximate surface area is 162 Å². The first-order valence-corrected chi connectivity index (χ1v) is 9.53. The Balaban J connectivity index is 1.57. The summed E-state index contributed by atoms with van der Waals surface area (Å²) in [6.07, 6.45) is 2.31. The number of phenolic OH excluding ortho intramolecular Hbond substituents is 1. The topological polar surface area (TPSA) is 89.2 Å². The van der Waals surface area contributed by atoms with Crippen molar-refractivity contribution in [3.63, 3.8) is 0 Å². The second kappa shape index (κ2) is 7.76. The SMILES string of the molecule is O=c1[nH]c(N2CCC(c3ccc(O)cc3)CC2)c(Cc2ccccc2)c(=O)[nH]1. The summed E-state index contributed by atoms with van der Waals surface area (Å²) in [6.45, 7) is 1.51. The molecule has 0 spiro atoms. The van der Waals surface area contributed by atoms with Crippen molar-refractivity contribution < 1.29 is 5.11 Å². The Hall–Kier alpha value is -3.28. The van der Waals surface area contributed by atoms with Crippen LogP contribution < -0.4 is 16.1 Å². The summed E-state index contributed by atoms with van der Waals surface area (Å²) in [5, 5.41) is 9.47. The predicted molar refractivity (Wildman–Crippen MR) is 109 cm³/mol. The van der Waals surface area contributed by atoms with E-state index < -0.39 is 5.69 Å². The van der Waals surface area contributed by atoms with Crippen LogP contribution in [-0.2, 0) is 6.42 Å². The number of H-pyrrole nitrogens is 2. The van der Waals surface area contributed by atoms with E-state index in [2.05, 4.69) is 14.9 Å². The number of aromatic nitrogens is 2. The fraction of sp³-hybridized carbons (Fsp3) is 0.273. The minimum absolute atomic E-state index is 0.271. The van der Waals surface area contributed by atoms with Crippen LogP contribution in [0, 0.1) is 0 Å². The van der Waals surface area contributed by atoms with Gasteiger partial charge in [0.25, 0.3) is 5.56 Å². The average Bonchev–Trinajstić information content (AvgIpc) is 2.71. The third-order valence-electron chi connectivity index (χ3n) is 5.42. The molecule has 6 nitrogen and oxygen atoms in total. The average molecular weight is 377 g/mol. The number of hydrogen-bond acceptors (Lipinski definition) is 4. The molecular formula is C22H23N3O3. The summed E-state index contributed by atoms with van der Waals surface area (Å²) >= 11 is 0. The van der Waals surface area contributed by atoms with Crippen LogP contribution in [0.15, 0.2) is 64.2 Å². The van der Waals surface area contributed by atoms with Crippen LogP contribution in [0.2, 0.25) is 0 Å². The maximum atomic E-state index is 12.5. The Morgan fingerprint density at radius 3 is 2.29 bits per heavy atom. The first-order chi connectivity index (χ1) is 13.6. The number of aromatic hydroxyl groups is 1. The highest BCUT2D eigenvalue weighted by Crippen LogP contribution is 2.31. The van der Waals surface area contributed by atoms with E-state index >= 15 is 0 Å². The molecule has 1 fully saturated rings. The molecule has 0 saturated carbocycles. The zero-order valence-electron chi connectivity index (χ0n) is 15.5. The van der Waals surface area contributed by atoms with Gasteiger partial charge in [0.2, 0.25) is 0 Å². The molecule has 6 heteroatoms. The molecule has 0 amide bonds. The smallest absolute Gasteiger partial charge is 0.327 e. The monoisotopic (exact) mass is 377 g/mol. The fourth-order valence-corrected chi connectivity index (χ4v) is 3.92. The number of benzene rings is 2. The molecule has 2 aromatic carbocycles. The maximum Gasteiger partial charge on any atom is 0.327 e. The van der Waals surface area contributed by atoms with Crippen molar-refractivity contribution >= 4 is 5.82 Å². The van der Waals surface area contributed by atoms with Crippen molar-refractivity contribution in [1.82, 2.24) is 9.97 Å². The van der Waals surface area contributed by atoms with Gasteiger partial charge in [-0.1, -0.05) is 42.5 Å². The zero-order valence-corrected chi connectivity index (χ0v) is 15.5. The largest absolute Gasteiger partial charge is 0.508 e. The molecule has 0 bridgehead atoms. The van der Waals surface area contributed by atoms with E-state index in [0.29, 0.717) is 23.7 Å². The number of piperidine rings is 1. The second-order valence-electron chi connectivity index (χ2n) is 7.25. The number of nitrogens with zero attached hydrogens (tertiary/aromatic N) is 1. The normalized spacial score (nSPS) is 14.9. The maximum absolute atomic E-state index is 12.5. The number of rotatable bonds is 4. The van der Waals surface area contributed by atoms with Gasteiger partial charge in [0, 0.05) is 19.5 Å². The first-order valence-electron chi connectivity index (χ1n) is 9.53. The molecule has 3 N–H and O–H groups in total. The molecule has 1 aliphatic rings. The third-order valence-corrected chi connectivity index (χ3v) is 5.42. The quantitative estimate of drug-likeness (QED) is 0.652. The summed E-state index contributed by atoms with van der Waals surface area (Å²) in [5.74, 6) is 1.30. The molecule has 144 valence electrons. The van der Waals surface area contributed by atoms with Crippen molar-refractivity contribution in [2.24, 2.45) is 0 Å². The lowest BCUT2D eigenvalue weighted by Crippen LogP contribution is -2.38. The zero-order chi connectivity index (χ0) is 19.5. The van der Waals surface area contributed by atoms with Crippen molar-refractivity contribution in [3.05, 3.63) is 92.1 Å². The third kappa shape index (κ3) is 3.86. The van der Waals surface area contributed by atoms with E-state index in [9.17, 15) is 14.7 Å². The predicted octanol–water partition coefficient (Wildman–Crippen LogP) is 2.74. The van der Waals surface area contributed by atoms with Crippen molar-refractivity contribution in [2.75, 3.05) is 18.0 Å². The Morgan fingerprint density at radius 1 is 0.929 bits per heavy atom. The van der Waals surface area contributed by atoms with Crippen LogP contribution in [-0.4, -0.2) is 28.2 Å². The van der Waals surface area contributed by atoms with Gasteiger partial charge < -0.3 is 10.0 Å². The van der Waals surface area contributed by atoms with E-state index in [1.807, 2.05) is 42.5 Å². The van der Waals surface area contributed by atoms with E-state index in [-0.39, 0.29) is 11.3 Å². The molecule has 4 rings (SSSR count). The summed E-state index contributed by atoms with van der Waals surface area (Å²) < 4.78 is 0. The molecule has 1 saturated heterocycles. The number of aromatic amines is 2. The summed E-state index contributed by atoms with van der Waals surface area (Å²) in [4.78, 5) is 31.7. The number of hydrogen-bond donors (Lipinski definition) is 3. The highest BCUT2D eigenvalue weighted by molar-refractivity contribution is 5.48. The molecule has 3 aromatic rings. The number of nitrogens with one attached hydrogen (secondary N) is 2. The molecule has 0 unspecified atom stereocenters. The lowest BCUT2D eigenvalue weighted by molar-refractivity contribution is 0.472. The van der Waals surface area contributed by atoms with E-state index in [4.69, 9.17) is 0 Å². The van der Waals surface area contributed by atoms with Crippen LogP contribution in [0.4, 0.5) is 5.82 Å². The molecular weight excluding hydrogens is 354 g/mol. The highest BCUT2D eigenvalue weighted by Gasteiger charge is 2.24. The fourth-order valence-electron chi connectivity index (χ4n) is 3.92. The van der Waals surface area contributed by atoms with E-state index in [1.54, 1.807) is 12.1 Å². The minimum atomic E-state index is -0.475. The molecule has 1 aromatic heterocycles. The Bertz CT molecular complexity index is 1050.